The molecule has 2 aliphatic rings. The lowest BCUT2D eigenvalue weighted by atomic mass is 9.83. The number of phenolic OH excluding ortho intramolecular Hbond substituents is 1. The van der Waals surface area contributed by atoms with E-state index in [9.17, 15) is 9.90 Å². The summed E-state index contributed by atoms with van der Waals surface area (Å²) in [7, 11) is 1.68. The van der Waals surface area contributed by atoms with Crippen LogP contribution in [0.15, 0.2) is 53.5 Å². The third-order valence-corrected chi connectivity index (χ3v) is 7.29. The van der Waals surface area contributed by atoms with Gasteiger partial charge >= 0.3 is 0 Å². The molecule has 4 atom stereocenters. The summed E-state index contributed by atoms with van der Waals surface area (Å²) in [4.78, 5) is 11.9. The maximum absolute atomic E-state index is 15.2. The average Bonchev–Trinajstić information content (AvgIpc) is 2.84. The number of rotatable bonds is 5. The predicted octanol–water partition coefficient (Wildman–Crippen LogP) is 3.78. The number of hydrogen-bond acceptors (Lipinski definition) is 7. The Morgan fingerprint density at radius 3 is 2.68 bits per heavy atom. The number of aromatic hydroxyl groups is 1. The minimum Gasteiger partial charge on any atom is -0.507 e. The largest absolute Gasteiger partial charge is 0.507 e. The molecule has 1 aromatic carbocycles. The minimum absolute atomic E-state index is 0.0245. The maximum Gasteiger partial charge on any atom is 0.250 e. The lowest BCUT2D eigenvalue weighted by Gasteiger charge is -2.48. The van der Waals surface area contributed by atoms with E-state index < -0.39 is 12.3 Å². The Morgan fingerprint density at radius 1 is 1.15 bits per heavy atom. The van der Waals surface area contributed by atoms with Crippen LogP contribution in [0.5, 0.6) is 11.6 Å². The van der Waals surface area contributed by atoms with Gasteiger partial charge in [0.05, 0.1) is 11.7 Å². The van der Waals surface area contributed by atoms with Crippen molar-refractivity contribution in [3.05, 3.63) is 59.0 Å². The molecule has 2 saturated heterocycles. The SMILES string of the molecule is Cn1ccc(-c2ccc(-c3ccc(O[C@H]4CC5CCCC([C@H]4F)N5NI)nn3)c(O)c2)cc1=O. The molecule has 2 unspecified atom stereocenters. The Labute approximate surface area is 210 Å². The summed E-state index contributed by atoms with van der Waals surface area (Å²) in [5.41, 5.74) is 2.29. The first-order valence-electron chi connectivity index (χ1n) is 11.2. The van der Waals surface area contributed by atoms with Crippen molar-refractivity contribution in [2.24, 2.45) is 7.05 Å². The average molecular weight is 577 g/mol. The van der Waals surface area contributed by atoms with Crippen molar-refractivity contribution in [1.82, 2.24) is 23.4 Å². The van der Waals surface area contributed by atoms with Gasteiger partial charge in [0.2, 0.25) is 5.88 Å². The molecule has 2 aromatic heterocycles. The van der Waals surface area contributed by atoms with Crippen LogP contribution in [-0.4, -0.2) is 49.2 Å². The number of halogens is 2. The van der Waals surface area contributed by atoms with E-state index in [1.54, 1.807) is 37.5 Å². The normalized spacial score (nSPS) is 24.7. The smallest absolute Gasteiger partial charge is 0.250 e. The lowest BCUT2D eigenvalue weighted by molar-refractivity contribution is -0.0829. The number of hydrazine groups is 1. The molecule has 0 amide bonds. The molecule has 0 aliphatic carbocycles. The van der Waals surface area contributed by atoms with Gasteiger partial charge < -0.3 is 14.4 Å². The van der Waals surface area contributed by atoms with Crippen LogP contribution in [0.3, 0.4) is 0 Å². The third-order valence-electron chi connectivity index (χ3n) is 6.74. The summed E-state index contributed by atoms with van der Waals surface area (Å²) in [5.74, 6) is 0.290. The van der Waals surface area contributed by atoms with Gasteiger partial charge in [-0.05, 0) is 48.2 Å². The van der Waals surface area contributed by atoms with Gasteiger partial charge in [0.15, 0.2) is 6.17 Å². The van der Waals surface area contributed by atoms with Crippen molar-refractivity contribution in [1.29, 1.82) is 0 Å². The first-order chi connectivity index (χ1) is 16.4. The van der Waals surface area contributed by atoms with Crippen LogP contribution in [0.2, 0.25) is 0 Å². The number of pyridine rings is 1. The van der Waals surface area contributed by atoms with Gasteiger partial charge in [-0.25, -0.2) is 9.40 Å². The molecule has 4 heterocycles. The van der Waals surface area contributed by atoms with E-state index in [2.05, 4.69) is 36.7 Å². The van der Waals surface area contributed by atoms with Crippen LogP contribution < -0.4 is 13.9 Å². The number of nitrogens with one attached hydrogen (secondary N) is 1. The zero-order chi connectivity index (χ0) is 23.8. The summed E-state index contributed by atoms with van der Waals surface area (Å²) in [6.45, 7) is 0. The number of phenols is 1. The van der Waals surface area contributed by atoms with Crippen LogP contribution in [-0.2, 0) is 7.05 Å². The van der Waals surface area contributed by atoms with Gasteiger partial charge in [-0.15, -0.1) is 10.2 Å². The Hall–Kier alpha value is -2.57. The second kappa shape index (κ2) is 9.59. The number of nitrogens with zero attached hydrogens (tertiary/aromatic N) is 4. The summed E-state index contributed by atoms with van der Waals surface area (Å²) in [6.07, 6.45) is 3.41. The Balaban J connectivity index is 1.31. The number of piperidine rings is 2. The maximum atomic E-state index is 15.2. The highest BCUT2D eigenvalue weighted by Gasteiger charge is 2.46. The third kappa shape index (κ3) is 4.41. The fourth-order valence-electron chi connectivity index (χ4n) is 4.88. The van der Waals surface area contributed by atoms with Crippen LogP contribution in [0, 0.1) is 0 Å². The Kier molecular flexibility index (Phi) is 6.54. The van der Waals surface area contributed by atoms with E-state index in [0.717, 1.165) is 24.8 Å². The molecule has 3 aromatic rings. The Bertz CT molecular complexity index is 1240. The second-order valence-corrected chi connectivity index (χ2v) is 9.32. The topological polar surface area (TPSA) is 92.5 Å². The first-order valence-corrected chi connectivity index (χ1v) is 12.3. The van der Waals surface area contributed by atoms with E-state index in [1.807, 2.05) is 17.1 Å². The second-order valence-electron chi connectivity index (χ2n) is 8.83. The molecule has 0 radical (unpaired) electrons. The van der Waals surface area contributed by atoms with E-state index in [4.69, 9.17) is 4.74 Å². The van der Waals surface area contributed by atoms with Gasteiger partial charge in [-0.3, -0.25) is 4.79 Å². The van der Waals surface area contributed by atoms with Gasteiger partial charge in [0.25, 0.3) is 5.56 Å². The molecule has 5 rings (SSSR count). The molecule has 2 aliphatic heterocycles. The molecular formula is C24H25FIN5O3. The van der Waals surface area contributed by atoms with Crippen molar-refractivity contribution in [3.8, 4) is 34.0 Å². The highest BCUT2D eigenvalue weighted by Crippen LogP contribution is 2.37. The van der Waals surface area contributed by atoms with Crippen molar-refractivity contribution in [2.45, 2.75) is 50.0 Å². The quantitative estimate of drug-likeness (QED) is 0.353. The summed E-state index contributed by atoms with van der Waals surface area (Å²) >= 11 is 2.07. The number of aromatic nitrogens is 3. The molecule has 8 nitrogen and oxygen atoms in total. The van der Waals surface area contributed by atoms with Crippen LogP contribution in [0.25, 0.3) is 22.4 Å². The van der Waals surface area contributed by atoms with Crippen molar-refractivity contribution < 1.29 is 14.2 Å². The molecule has 0 spiro atoms. The van der Waals surface area contributed by atoms with Gasteiger partial charge in [-0.2, -0.15) is 3.64 Å². The monoisotopic (exact) mass is 577 g/mol. The predicted molar refractivity (Wildman–Crippen MR) is 134 cm³/mol. The standard InChI is InChI=1S/C24H25FIN5O3/c1-30-10-9-15(12-23(30)33)14-5-6-17(20(32)11-14)18-7-8-22(28-27-18)34-21-13-16-3-2-4-19(24(21)25)31(16)29-26/h5-12,16,19,21,24,29,32H,2-4,13H2,1H3/t16?,19?,21-,24+/m0/s1. The van der Waals surface area contributed by atoms with E-state index in [0.29, 0.717) is 23.2 Å². The molecular weight excluding hydrogens is 552 g/mol. The molecule has 10 heteroatoms. The van der Waals surface area contributed by atoms with Crippen molar-refractivity contribution >= 4 is 22.9 Å². The lowest BCUT2D eigenvalue weighted by Crippen LogP contribution is -2.63. The first kappa shape index (κ1) is 23.2. The number of fused-ring (bicyclic) bond motifs is 2. The molecule has 34 heavy (non-hydrogen) atoms. The fraction of sp³-hybridized carbons (Fsp3) is 0.375. The number of alkyl halides is 1. The fourth-order valence-corrected chi connectivity index (χ4v) is 5.64. The zero-order valence-electron chi connectivity index (χ0n) is 18.6. The van der Waals surface area contributed by atoms with E-state index in [-0.39, 0.29) is 29.3 Å². The van der Waals surface area contributed by atoms with Crippen LogP contribution >= 0.6 is 22.9 Å². The summed E-state index contributed by atoms with van der Waals surface area (Å²) < 4.78 is 25.7. The molecule has 2 N–H and O–H groups in total. The minimum atomic E-state index is -1.12. The van der Waals surface area contributed by atoms with Crippen molar-refractivity contribution in [2.75, 3.05) is 0 Å². The summed E-state index contributed by atoms with van der Waals surface area (Å²) in [6, 6.07) is 11.9. The van der Waals surface area contributed by atoms with Gasteiger partial charge in [0, 0.05) is 66.3 Å². The zero-order valence-corrected chi connectivity index (χ0v) is 20.7. The number of ether oxygens (including phenoxy) is 1. The van der Waals surface area contributed by atoms with Gasteiger partial charge in [-0.1, -0.05) is 12.5 Å². The Morgan fingerprint density at radius 2 is 1.97 bits per heavy atom. The highest BCUT2D eigenvalue weighted by atomic mass is 127. The highest BCUT2D eigenvalue weighted by molar-refractivity contribution is 14.1. The molecule has 0 saturated carbocycles. The van der Waals surface area contributed by atoms with Gasteiger partial charge in [0.1, 0.15) is 11.9 Å². The summed E-state index contributed by atoms with van der Waals surface area (Å²) in [5, 5.41) is 20.9. The molecule has 178 valence electrons. The number of benzene rings is 1. The van der Waals surface area contributed by atoms with E-state index in [1.165, 1.54) is 10.6 Å². The van der Waals surface area contributed by atoms with Crippen LogP contribution in [0.4, 0.5) is 4.39 Å². The van der Waals surface area contributed by atoms with Crippen molar-refractivity contribution in [3.63, 3.8) is 0 Å². The van der Waals surface area contributed by atoms with E-state index >= 15 is 4.39 Å². The van der Waals surface area contributed by atoms with Crippen LogP contribution in [0.1, 0.15) is 25.7 Å². The molecule has 2 bridgehead atoms. The molecule has 2 fully saturated rings. The number of aryl methyl sites for hydroxylation is 1. The number of hydrogen-bond donors (Lipinski definition) is 2.